The van der Waals surface area contributed by atoms with E-state index in [0.717, 1.165) is 10.7 Å². The maximum absolute atomic E-state index is 12.7. The zero-order valence-corrected chi connectivity index (χ0v) is 14.3. The van der Waals surface area contributed by atoms with Crippen molar-refractivity contribution in [1.82, 2.24) is 9.78 Å². The van der Waals surface area contributed by atoms with Crippen molar-refractivity contribution < 1.29 is 18.0 Å². The van der Waals surface area contributed by atoms with Crippen molar-refractivity contribution in [3.8, 4) is 0 Å². The van der Waals surface area contributed by atoms with Crippen molar-refractivity contribution in [1.29, 1.82) is 0 Å². The Morgan fingerprint density at radius 2 is 1.92 bits per heavy atom. The molecule has 2 aromatic rings. The molecule has 0 fully saturated rings. The summed E-state index contributed by atoms with van der Waals surface area (Å²) in [6.07, 6.45) is -4.52. The van der Waals surface area contributed by atoms with Gasteiger partial charge in [0.15, 0.2) is 5.69 Å². The standard InChI is InChI=1S/C15H14Cl2F3N3O/c1-8(7-23-9(2)6-12(22-23)15(18,19)20)14(24)21-13-10(16)4-3-5-11(13)17/h3-6,8H,7H2,1-2H3,(H,21,24). The number of rotatable bonds is 4. The van der Waals surface area contributed by atoms with E-state index in [9.17, 15) is 18.0 Å². The molecule has 1 heterocycles. The average Bonchev–Trinajstić information content (AvgIpc) is 2.84. The summed E-state index contributed by atoms with van der Waals surface area (Å²) in [6, 6.07) is 5.72. The van der Waals surface area contributed by atoms with Gasteiger partial charge in [0.05, 0.1) is 28.2 Å². The van der Waals surface area contributed by atoms with Crippen LogP contribution in [0, 0.1) is 12.8 Å². The number of aromatic nitrogens is 2. The van der Waals surface area contributed by atoms with E-state index in [0.29, 0.717) is 5.69 Å². The van der Waals surface area contributed by atoms with Gasteiger partial charge in [-0.05, 0) is 25.1 Å². The molecule has 4 nitrogen and oxygen atoms in total. The molecule has 1 aromatic carbocycles. The fourth-order valence-corrected chi connectivity index (χ4v) is 2.53. The van der Waals surface area contributed by atoms with Crippen LogP contribution in [-0.2, 0) is 17.5 Å². The summed E-state index contributed by atoms with van der Waals surface area (Å²) in [5.74, 6) is -1.06. The molecule has 1 aromatic heterocycles. The lowest BCUT2D eigenvalue weighted by atomic mass is 10.1. The fraction of sp³-hybridized carbons (Fsp3) is 0.333. The second-order valence-electron chi connectivity index (χ2n) is 5.34. The summed E-state index contributed by atoms with van der Waals surface area (Å²) in [6.45, 7) is 3.07. The zero-order valence-electron chi connectivity index (χ0n) is 12.8. The molecule has 0 spiro atoms. The minimum atomic E-state index is -4.52. The minimum absolute atomic E-state index is 0.00415. The Hall–Kier alpha value is -1.73. The van der Waals surface area contributed by atoms with Gasteiger partial charge in [0, 0.05) is 5.69 Å². The van der Waals surface area contributed by atoms with E-state index >= 15 is 0 Å². The predicted molar refractivity (Wildman–Crippen MR) is 86.2 cm³/mol. The van der Waals surface area contributed by atoms with Crippen LogP contribution in [0.5, 0.6) is 0 Å². The molecule has 0 radical (unpaired) electrons. The number of aryl methyl sites for hydroxylation is 1. The van der Waals surface area contributed by atoms with E-state index in [1.54, 1.807) is 25.1 Å². The van der Waals surface area contributed by atoms with Gasteiger partial charge in [0.25, 0.3) is 0 Å². The molecule has 24 heavy (non-hydrogen) atoms. The lowest BCUT2D eigenvalue weighted by molar-refractivity contribution is -0.141. The van der Waals surface area contributed by atoms with Gasteiger partial charge in [-0.3, -0.25) is 9.48 Å². The summed E-state index contributed by atoms with van der Waals surface area (Å²) >= 11 is 12.0. The maximum atomic E-state index is 12.7. The highest BCUT2D eigenvalue weighted by Crippen LogP contribution is 2.31. The summed E-state index contributed by atoms with van der Waals surface area (Å²) in [5, 5.41) is 6.65. The number of carbonyl (C=O) groups excluding carboxylic acids is 1. The third kappa shape index (κ3) is 4.21. The highest BCUT2D eigenvalue weighted by molar-refractivity contribution is 6.39. The van der Waals surface area contributed by atoms with Gasteiger partial charge < -0.3 is 5.32 Å². The second kappa shape index (κ2) is 7.03. The Bertz CT molecular complexity index is 739. The van der Waals surface area contributed by atoms with Gasteiger partial charge in [-0.2, -0.15) is 18.3 Å². The summed E-state index contributed by atoms with van der Waals surface area (Å²) < 4.78 is 39.2. The van der Waals surface area contributed by atoms with Crippen molar-refractivity contribution >= 4 is 34.8 Å². The van der Waals surface area contributed by atoms with Gasteiger partial charge in [-0.25, -0.2) is 0 Å². The van der Waals surface area contributed by atoms with E-state index in [1.807, 2.05) is 0 Å². The third-order valence-electron chi connectivity index (χ3n) is 3.38. The van der Waals surface area contributed by atoms with E-state index in [1.165, 1.54) is 6.92 Å². The molecule has 1 unspecified atom stereocenters. The fourth-order valence-electron chi connectivity index (χ4n) is 2.04. The Morgan fingerprint density at radius 3 is 2.42 bits per heavy atom. The monoisotopic (exact) mass is 379 g/mol. The molecular weight excluding hydrogens is 366 g/mol. The van der Waals surface area contributed by atoms with Gasteiger partial charge in [0.2, 0.25) is 5.91 Å². The van der Waals surface area contributed by atoms with Gasteiger partial charge in [-0.1, -0.05) is 36.2 Å². The molecule has 0 aliphatic heterocycles. The van der Waals surface area contributed by atoms with Crippen molar-refractivity contribution in [2.45, 2.75) is 26.6 Å². The number of hydrogen-bond donors (Lipinski definition) is 1. The first-order valence-electron chi connectivity index (χ1n) is 6.96. The van der Waals surface area contributed by atoms with Crippen LogP contribution in [0.25, 0.3) is 0 Å². The number of amides is 1. The number of alkyl halides is 3. The maximum Gasteiger partial charge on any atom is 0.435 e. The summed E-state index contributed by atoms with van der Waals surface area (Å²) in [7, 11) is 0. The molecule has 1 atom stereocenters. The van der Waals surface area contributed by atoms with Crippen LogP contribution in [0.15, 0.2) is 24.3 Å². The molecule has 1 N–H and O–H groups in total. The Labute approximate surface area is 146 Å². The SMILES string of the molecule is Cc1cc(C(F)(F)F)nn1CC(C)C(=O)Nc1c(Cl)cccc1Cl. The van der Waals surface area contributed by atoms with Crippen LogP contribution in [0.3, 0.4) is 0 Å². The summed E-state index contributed by atoms with van der Waals surface area (Å²) in [4.78, 5) is 12.2. The molecule has 0 saturated heterocycles. The Balaban J connectivity index is 2.11. The van der Waals surface area contributed by atoms with Crippen LogP contribution >= 0.6 is 23.2 Å². The van der Waals surface area contributed by atoms with E-state index in [4.69, 9.17) is 23.2 Å². The molecule has 1 amide bonds. The largest absolute Gasteiger partial charge is 0.435 e. The molecule has 2 rings (SSSR count). The van der Waals surface area contributed by atoms with Crippen LogP contribution in [0.2, 0.25) is 10.0 Å². The van der Waals surface area contributed by atoms with Crippen LogP contribution < -0.4 is 5.32 Å². The van der Waals surface area contributed by atoms with Crippen molar-refractivity contribution in [2.75, 3.05) is 5.32 Å². The molecule has 0 aliphatic rings. The van der Waals surface area contributed by atoms with E-state index in [2.05, 4.69) is 10.4 Å². The van der Waals surface area contributed by atoms with E-state index in [-0.39, 0.29) is 22.3 Å². The number of nitrogens with one attached hydrogen (secondary N) is 1. The number of hydrogen-bond acceptors (Lipinski definition) is 2. The van der Waals surface area contributed by atoms with E-state index < -0.39 is 23.7 Å². The Morgan fingerprint density at radius 1 is 1.33 bits per heavy atom. The van der Waals surface area contributed by atoms with Gasteiger partial charge in [0.1, 0.15) is 0 Å². The molecule has 130 valence electrons. The third-order valence-corrected chi connectivity index (χ3v) is 4.01. The lowest BCUT2D eigenvalue weighted by Crippen LogP contribution is -2.25. The first-order chi connectivity index (χ1) is 11.1. The van der Waals surface area contributed by atoms with Gasteiger partial charge >= 0.3 is 6.18 Å². The first-order valence-corrected chi connectivity index (χ1v) is 7.71. The Kier molecular flexibility index (Phi) is 5.45. The number of carbonyl (C=O) groups is 1. The summed E-state index contributed by atoms with van der Waals surface area (Å²) in [5.41, 5.74) is -0.398. The quantitative estimate of drug-likeness (QED) is 0.829. The van der Waals surface area contributed by atoms with Crippen molar-refractivity contribution in [2.24, 2.45) is 5.92 Å². The molecular formula is C15H14Cl2F3N3O. The van der Waals surface area contributed by atoms with Crippen LogP contribution in [0.1, 0.15) is 18.3 Å². The number of nitrogens with zero attached hydrogens (tertiary/aromatic N) is 2. The van der Waals surface area contributed by atoms with Gasteiger partial charge in [-0.15, -0.1) is 0 Å². The number of anilines is 1. The number of benzene rings is 1. The zero-order chi connectivity index (χ0) is 18.1. The second-order valence-corrected chi connectivity index (χ2v) is 6.15. The number of halogens is 5. The van der Waals surface area contributed by atoms with Crippen molar-refractivity contribution in [3.63, 3.8) is 0 Å². The predicted octanol–water partition coefficient (Wildman–Crippen LogP) is 4.79. The van der Waals surface area contributed by atoms with Crippen LogP contribution in [0.4, 0.5) is 18.9 Å². The highest BCUT2D eigenvalue weighted by Gasteiger charge is 2.34. The smallest absolute Gasteiger partial charge is 0.323 e. The minimum Gasteiger partial charge on any atom is -0.323 e. The molecule has 0 aliphatic carbocycles. The first kappa shape index (κ1) is 18.6. The lowest BCUT2D eigenvalue weighted by Gasteiger charge is -2.15. The normalized spacial score (nSPS) is 13.0. The average molecular weight is 380 g/mol. The topological polar surface area (TPSA) is 46.9 Å². The molecule has 0 bridgehead atoms. The van der Waals surface area contributed by atoms with Crippen LogP contribution in [-0.4, -0.2) is 15.7 Å². The molecule has 9 heteroatoms. The number of para-hydroxylation sites is 1. The highest BCUT2D eigenvalue weighted by atomic mass is 35.5. The van der Waals surface area contributed by atoms with Crippen molar-refractivity contribution in [3.05, 3.63) is 45.7 Å². The molecule has 0 saturated carbocycles.